The van der Waals surface area contributed by atoms with Crippen LogP contribution >= 0.6 is 31.3 Å². The fourth-order valence-corrected chi connectivity index (χ4v) is 11.0. The molecule has 3 unspecified atom stereocenters. The zero-order valence-corrected chi connectivity index (χ0v) is 45.8. The molecular formula is C45H90O22P4. The molecule has 0 saturated heterocycles. The van der Waals surface area contributed by atoms with E-state index in [1.165, 1.54) is 122 Å². The highest BCUT2D eigenvalue weighted by Gasteiger charge is 2.59. The average molecular weight is 1110 g/mol. The SMILES string of the molecule is CCCCCCCCCCCCCCCCCC(=O)OC[C@@H](COP(=O)(O)OC1[C@H](O)[C@H](OP(=O)(O)O)C(OP(=O)(O)O)[C@H](OP(=O)(O)O)[C@H]1O)OC(=O)CCCCCCCCCCCCCCCCC. The molecule has 422 valence electrons. The van der Waals surface area contributed by atoms with E-state index in [1.54, 1.807) is 0 Å². The van der Waals surface area contributed by atoms with Crippen molar-refractivity contribution in [3.8, 4) is 0 Å². The minimum Gasteiger partial charge on any atom is -0.462 e. The zero-order chi connectivity index (χ0) is 53.2. The van der Waals surface area contributed by atoms with E-state index in [4.69, 9.17) is 18.5 Å². The summed E-state index contributed by atoms with van der Waals surface area (Å²) in [4.78, 5) is 93.0. The Morgan fingerprint density at radius 1 is 0.394 bits per heavy atom. The highest BCUT2D eigenvalue weighted by molar-refractivity contribution is 7.47. The summed E-state index contributed by atoms with van der Waals surface area (Å²) in [5.41, 5.74) is 0. The molecule has 0 radical (unpaired) electrons. The van der Waals surface area contributed by atoms with Gasteiger partial charge >= 0.3 is 43.2 Å². The molecular weight excluding hydrogens is 1020 g/mol. The molecule has 22 nitrogen and oxygen atoms in total. The van der Waals surface area contributed by atoms with Gasteiger partial charge in [-0.1, -0.05) is 194 Å². The van der Waals surface area contributed by atoms with Crippen molar-refractivity contribution in [1.29, 1.82) is 0 Å². The van der Waals surface area contributed by atoms with Crippen molar-refractivity contribution in [2.24, 2.45) is 0 Å². The summed E-state index contributed by atoms with van der Waals surface area (Å²) in [6.07, 6.45) is 15.8. The molecule has 1 aliphatic rings. The van der Waals surface area contributed by atoms with Crippen LogP contribution in [0.2, 0.25) is 0 Å². The Morgan fingerprint density at radius 3 is 1.01 bits per heavy atom. The molecule has 1 saturated carbocycles. The summed E-state index contributed by atoms with van der Waals surface area (Å²) in [5.74, 6) is -1.39. The monoisotopic (exact) mass is 1110 g/mol. The molecule has 8 atom stereocenters. The molecule has 1 rings (SSSR count). The fraction of sp³-hybridized carbons (Fsp3) is 0.956. The molecule has 9 N–H and O–H groups in total. The van der Waals surface area contributed by atoms with Gasteiger partial charge in [0.05, 0.1) is 6.61 Å². The first-order chi connectivity index (χ1) is 33.5. The van der Waals surface area contributed by atoms with Crippen LogP contribution in [0.1, 0.15) is 219 Å². The first-order valence-corrected chi connectivity index (χ1v) is 32.2. The van der Waals surface area contributed by atoms with Gasteiger partial charge in [0.1, 0.15) is 43.2 Å². The van der Waals surface area contributed by atoms with E-state index in [2.05, 4.69) is 27.4 Å². The Bertz CT molecular complexity index is 1550. The van der Waals surface area contributed by atoms with Gasteiger partial charge in [-0.15, -0.1) is 0 Å². The third kappa shape index (κ3) is 36.8. The number of esters is 2. The molecule has 0 amide bonds. The van der Waals surface area contributed by atoms with Crippen LogP contribution in [0.25, 0.3) is 0 Å². The number of aliphatic hydroxyl groups excluding tert-OH is 2. The number of ether oxygens (including phenoxy) is 2. The first-order valence-electron chi connectivity index (χ1n) is 26.1. The van der Waals surface area contributed by atoms with Gasteiger partial charge in [-0.2, -0.15) is 0 Å². The standard InChI is InChI=1S/C45H90O22P4/c1-3-5-7-9-11-13-15-17-19-21-23-25-27-29-31-33-38(46)61-35-37(63-39(47)34-32-30-28-26-24-22-20-18-16-14-12-10-8-6-4-2)36-62-71(59,60)67-42-40(48)43(64-68(50,51)52)45(66-70(56,57)58)44(41(42)49)65-69(53,54)55/h37,40-45,48-49H,3-36H2,1-2H3,(H,59,60)(H2,50,51,52)(H2,53,54,55)(H2,56,57,58)/t37-,40-,41-,42?,43-,44+,45?/m0/s1. The van der Waals surface area contributed by atoms with Crippen molar-refractivity contribution >= 4 is 43.2 Å². The summed E-state index contributed by atoms with van der Waals surface area (Å²) in [5, 5.41) is 21.9. The van der Waals surface area contributed by atoms with Crippen molar-refractivity contribution in [1.82, 2.24) is 0 Å². The Hall–Kier alpha value is -0.700. The average Bonchev–Trinajstić information content (AvgIpc) is 3.27. The molecule has 0 bridgehead atoms. The maximum atomic E-state index is 13.3. The van der Waals surface area contributed by atoms with Crippen LogP contribution in [0.5, 0.6) is 0 Å². The van der Waals surface area contributed by atoms with Crippen molar-refractivity contribution in [3.05, 3.63) is 0 Å². The van der Waals surface area contributed by atoms with Crippen molar-refractivity contribution in [2.45, 2.75) is 262 Å². The van der Waals surface area contributed by atoms with Gasteiger partial charge in [0, 0.05) is 12.8 Å². The minimum atomic E-state index is -5.79. The normalized spacial score (nSPS) is 21.2. The maximum Gasteiger partial charge on any atom is 0.472 e. The lowest BCUT2D eigenvalue weighted by atomic mass is 9.85. The predicted octanol–water partition coefficient (Wildman–Crippen LogP) is 9.64. The third-order valence-corrected chi connectivity index (χ3v) is 14.7. The van der Waals surface area contributed by atoms with E-state index >= 15 is 0 Å². The number of carbonyl (C=O) groups is 2. The molecule has 0 aromatic rings. The summed E-state index contributed by atoms with van der Waals surface area (Å²) in [6.45, 7) is 2.79. The number of hydrogen-bond donors (Lipinski definition) is 9. The van der Waals surface area contributed by atoms with Crippen molar-refractivity contribution < 1.29 is 104 Å². The highest BCUT2D eigenvalue weighted by Crippen LogP contribution is 2.53. The largest absolute Gasteiger partial charge is 0.472 e. The number of carbonyl (C=O) groups excluding carboxylic acids is 2. The Morgan fingerprint density at radius 2 is 0.690 bits per heavy atom. The van der Waals surface area contributed by atoms with Crippen LogP contribution in [0.4, 0.5) is 0 Å². The van der Waals surface area contributed by atoms with Crippen LogP contribution in [0.15, 0.2) is 0 Å². The topological polar surface area (TPSA) is 349 Å². The Labute approximate surface area is 421 Å². The molecule has 1 fully saturated rings. The summed E-state index contributed by atoms with van der Waals surface area (Å²) in [6, 6.07) is 0. The zero-order valence-electron chi connectivity index (χ0n) is 42.2. The lowest BCUT2D eigenvalue weighted by molar-refractivity contribution is -0.209. The van der Waals surface area contributed by atoms with Crippen LogP contribution in [-0.4, -0.2) is 112 Å². The summed E-state index contributed by atoms with van der Waals surface area (Å²) < 4.78 is 82.3. The predicted molar refractivity (Wildman–Crippen MR) is 263 cm³/mol. The van der Waals surface area contributed by atoms with E-state index in [-0.39, 0.29) is 12.8 Å². The highest BCUT2D eigenvalue weighted by atomic mass is 31.2. The number of hydrogen-bond acceptors (Lipinski definition) is 15. The molecule has 0 aromatic heterocycles. The number of phosphoric ester groups is 4. The van der Waals surface area contributed by atoms with Crippen LogP contribution in [0, 0.1) is 0 Å². The minimum absolute atomic E-state index is 0.0421. The Kier molecular flexibility index (Phi) is 37.3. The second kappa shape index (κ2) is 38.8. The van der Waals surface area contributed by atoms with Crippen LogP contribution < -0.4 is 0 Å². The van der Waals surface area contributed by atoms with Crippen molar-refractivity contribution in [3.63, 3.8) is 0 Å². The van der Waals surface area contributed by atoms with Crippen LogP contribution in [0.3, 0.4) is 0 Å². The Balaban J connectivity index is 2.84. The molecule has 0 aliphatic heterocycles. The van der Waals surface area contributed by atoms with Crippen molar-refractivity contribution in [2.75, 3.05) is 13.2 Å². The molecule has 26 heteroatoms. The van der Waals surface area contributed by atoms with E-state index < -0.39 is 99.2 Å². The van der Waals surface area contributed by atoms with Gasteiger partial charge < -0.3 is 53.9 Å². The quantitative estimate of drug-likeness (QED) is 0.0155. The smallest absolute Gasteiger partial charge is 0.462 e. The second-order valence-electron chi connectivity index (χ2n) is 18.7. The number of rotatable bonds is 46. The first kappa shape index (κ1) is 68.3. The van der Waals surface area contributed by atoms with E-state index in [0.29, 0.717) is 12.8 Å². The van der Waals surface area contributed by atoms with Gasteiger partial charge in [0.25, 0.3) is 0 Å². The van der Waals surface area contributed by atoms with E-state index in [0.717, 1.165) is 57.8 Å². The number of aliphatic hydroxyl groups is 2. The fourth-order valence-electron chi connectivity index (χ4n) is 8.38. The van der Waals surface area contributed by atoms with Gasteiger partial charge in [0.2, 0.25) is 0 Å². The molecule has 1 aliphatic carbocycles. The van der Waals surface area contributed by atoms with Gasteiger partial charge in [-0.25, -0.2) is 18.3 Å². The van der Waals surface area contributed by atoms with Gasteiger partial charge in [0.15, 0.2) is 6.10 Å². The summed E-state index contributed by atoms with van der Waals surface area (Å²) in [7, 11) is -23.0. The molecule has 0 spiro atoms. The van der Waals surface area contributed by atoms with E-state index in [1.807, 2.05) is 0 Å². The number of phosphoric acid groups is 4. The van der Waals surface area contributed by atoms with E-state index in [9.17, 15) is 72.3 Å². The maximum absolute atomic E-state index is 13.3. The summed E-state index contributed by atoms with van der Waals surface area (Å²) >= 11 is 0. The lowest BCUT2D eigenvalue weighted by Crippen LogP contribution is -2.65. The number of unbranched alkanes of at least 4 members (excludes halogenated alkanes) is 28. The molecule has 0 heterocycles. The van der Waals surface area contributed by atoms with Gasteiger partial charge in [-0.05, 0) is 12.8 Å². The van der Waals surface area contributed by atoms with Gasteiger partial charge in [-0.3, -0.25) is 32.2 Å². The third-order valence-electron chi connectivity index (χ3n) is 12.1. The second-order valence-corrected chi connectivity index (χ2v) is 23.7. The lowest BCUT2D eigenvalue weighted by Gasteiger charge is -2.45. The molecule has 71 heavy (non-hydrogen) atoms. The van der Waals surface area contributed by atoms with Crippen LogP contribution in [-0.2, 0) is 59.9 Å². The molecule has 0 aromatic carbocycles.